The molecule has 1 aliphatic rings. The van der Waals surface area contributed by atoms with Gasteiger partial charge in [-0.25, -0.2) is 0 Å². The van der Waals surface area contributed by atoms with Gasteiger partial charge in [-0.3, -0.25) is 20.2 Å². The average Bonchev–Trinajstić information content (AvgIpc) is 2.85. The topological polar surface area (TPSA) is 128 Å². The molecule has 0 bridgehead atoms. The smallest absolute Gasteiger partial charge is 0.311 e. The van der Waals surface area contributed by atoms with E-state index in [1.54, 1.807) is 0 Å². The maximum absolute atomic E-state index is 11.1. The maximum atomic E-state index is 11.1. The molecule has 0 atom stereocenters. The van der Waals surface area contributed by atoms with E-state index >= 15 is 0 Å². The number of rotatable bonds is 3. The van der Waals surface area contributed by atoms with Crippen LogP contribution in [0.1, 0.15) is 11.1 Å². The summed E-state index contributed by atoms with van der Waals surface area (Å²) in [4.78, 5) is 20.9. The average molecular weight is 315 g/mol. The van der Waals surface area contributed by atoms with Gasteiger partial charge in [0.25, 0.3) is 5.69 Å². The molecule has 1 aliphatic carbocycles. The Morgan fingerprint density at radius 2 is 1.70 bits per heavy atom. The summed E-state index contributed by atoms with van der Waals surface area (Å²) in [7, 11) is 1.29. The lowest BCUT2D eigenvalue weighted by molar-refractivity contribution is -0.385. The molecule has 0 saturated carbocycles. The summed E-state index contributed by atoms with van der Waals surface area (Å²) in [6.45, 7) is 0. The molecule has 0 amide bonds. The number of hydrogen-bond acceptors (Lipinski definition) is 7. The highest BCUT2D eigenvalue weighted by molar-refractivity contribution is 6.25. The number of fused-ring (bicyclic) bond motifs is 3. The minimum Gasteiger partial charge on any atom is -0.490 e. The van der Waals surface area contributed by atoms with Crippen molar-refractivity contribution in [3.63, 3.8) is 0 Å². The number of nitro groups is 2. The fraction of sp³-hybridized carbons (Fsp3) is 0.0714. The summed E-state index contributed by atoms with van der Waals surface area (Å²) in [5, 5.41) is 34.5. The van der Waals surface area contributed by atoms with Gasteiger partial charge in [0.1, 0.15) is 5.71 Å². The second-order valence-corrected chi connectivity index (χ2v) is 4.76. The Kier molecular flexibility index (Phi) is 3.17. The van der Waals surface area contributed by atoms with Crippen molar-refractivity contribution < 1.29 is 19.8 Å². The molecule has 0 fully saturated rings. The van der Waals surface area contributed by atoms with Gasteiger partial charge in [0.15, 0.2) is 5.75 Å². The van der Waals surface area contributed by atoms with Gasteiger partial charge in [-0.2, -0.15) is 0 Å². The van der Waals surface area contributed by atoms with Crippen LogP contribution >= 0.6 is 0 Å². The Bertz CT molecular complexity index is 890. The van der Waals surface area contributed by atoms with E-state index in [-0.39, 0.29) is 22.8 Å². The van der Waals surface area contributed by atoms with E-state index in [0.717, 1.165) is 0 Å². The van der Waals surface area contributed by atoms with Crippen LogP contribution in [-0.2, 0) is 0 Å². The monoisotopic (exact) mass is 315 g/mol. The highest BCUT2D eigenvalue weighted by atomic mass is 16.6. The number of nitro benzene ring substituents is 2. The first-order valence-electron chi connectivity index (χ1n) is 6.36. The van der Waals surface area contributed by atoms with Crippen LogP contribution in [0.25, 0.3) is 11.1 Å². The molecular weight excluding hydrogens is 306 g/mol. The van der Waals surface area contributed by atoms with Gasteiger partial charge in [-0.05, 0) is 23.3 Å². The zero-order valence-electron chi connectivity index (χ0n) is 11.7. The number of hydrogen-bond donors (Lipinski definition) is 1. The molecule has 116 valence electrons. The number of methoxy groups -OCH3 is 1. The standard InChI is InChI=1S/C14H9N3O6/c1-23-13-6-11-9(5-12(13)17(21)22)8-3-2-7(16(19)20)4-10(8)14(11)15-18/h2-6,18H,1H3/b15-14+. The number of oxime groups is 1. The van der Waals surface area contributed by atoms with Gasteiger partial charge < -0.3 is 9.94 Å². The lowest BCUT2D eigenvalue weighted by Gasteiger charge is -2.05. The zero-order chi connectivity index (χ0) is 16.7. The van der Waals surface area contributed by atoms with Crippen LogP contribution in [0, 0.1) is 20.2 Å². The van der Waals surface area contributed by atoms with Crippen molar-refractivity contribution >= 4 is 17.1 Å². The van der Waals surface area contributed by atoms with E-state index in [0.29, 0.717) is 22.3 Å². The summed E-state index contributed by atoms with van der Waals surface area (Å²) >= 11 is 0. The van der Waals surface area contributed by atoms with Crippen molar-refractivity contribution in [3.8, 4) is 16.9 Å². The number of benzene rings is 2. The Morgan fingerprint density at radius 3 is 2.26 bits per heavy atom. The van der Waals surface area contributed by atoms with E-state index in [9.17, 15) is 25.4 Å². The third-order valence-electron chi connectivity index (χ3n) is 3.63. The highest BCUT2D eigenvalue weighted by Crippen LogP contribution is 2.43. The molecule has 9 nitrogen and oxygen atoms in total. The van der Waals surface area contributed by atoms with Crippen molar-refractivity contribution in [2.75, 3.05) is 7.11 Å². The molecule has 0 radical (unpaired) electrons. The lowest BCUT2D eigenvalue weighted by atomic mass is 10.0. The van der Waals surface area contributed by atoms with E-state index in [2.05, 4.69) is 5.16 Å². The molecule has 0 saturated heterocycles. The first-order chi connectivity index (χ1) is 11.0. The van der Waals surface area contributed by atoms with Gasteiger partial charge in [-0.1, -0.05) is 5.16 Å². The van der Waals surface area contributed by atoms with Crippen molar-refractivity contribution in [2.24, 2.45) is 5.16 Å². The van der Waals surface area contributed by atoms with Gasteiger partial charge in [-0.15, -0.1) is 0 Å². The summed E-state index contributed by atoms with van der Waals surface area (Å²) in [6, 6.07) is 6.72. The Morgan fingerprint density at radius 1 is 1.00 bits per heavy atom. The predicted molar refractivity (Wildman–Crippen MR) is 79.2 cm³/mol. The minimum absolute atomic E-state index is 0.0113. The second-order valence-electron chi connectivity index (χ2n) is 4.76. The molecule has 3 rings (SSSR count). The molecule has 2 aromatic rings. The van der Waals surface area contributed by atoms with Crippen molar-refractivity contribution in [2.45, 2.75) is 0 Å². The van der Waals surface area contributed by atoms with Crippen LogP contribution in [-0.4, -0.2) is 27.9 Å². The molecule has 9 heteroatoms. The van der Waals surface area contributed by atoms with E-state index in [1.807, 2.05) is 0 Å². The molecule has 0 unspecified atom stereocenters. The summed E-state index contributed by atoms with van der Waals surface area (Å²) in [5.41, 5.74) is 1.41. The van der Waals surface area contributed by atoms with Crippen molar-refractivity contribution in [1.29, 1.82) is 0 Å². The molecule has 2 aromatic carbocycles. The van der Waals surface area contributed by atoms with Gasteiger partial charge in [0, 0.05) is 29.3 Å². The largest absolute Gasteiger partial charge is 0.490 e. The molecule has 0 heterocycles. The van der Waals surface area contributed by atoms with E-state index in [1.165, 1.54) is 37.4 Å². The van der Waals surface area contributed by atoms with Crippen molar-refractivity contribution in [3.05, 3.63) is 61.7 Å². The molecule has 0 aliphatic heterocycles. The fourth-order valence-electron chi connectivity index (χ4n) is 2.62. The normalized spacial score (nSPS) is 13.5. The first-order valence-corrected chi connectivity index (χ1v) is 6.36. The number of non-ortho nitro benzene ring substituents is 1. The molecule has 0 aromatic heterocycles. The molecular formula is C14H9N3O6. The van der Waals surface area contributed by atoms with Gasteiger partial charge in [0.2, 0.25) is 0 Å². The van der Waals surface area contributed by atoms with Gasteiger partial charge >= 0.3 is 5.69 Å². The van der Waals surface area contributed by atoms with Crippen LogP contribution < -0.4 is 4.74 Å². The van der Waals surface area contributed by atoms with E-state index < -0.39 is 9.85 Å². The second kappa shape index (κ2) is 5.05. The Labute approximate surface area is 128 Å². The Hall–Kier alpha value is -3.49. The minimum atomic E-state index is -0.585. The number of ether oxygens (including phenoxy) is 1. The first kappa shape index (κ1) is 14.4. The lowest BCUT2D eigenvalue weighted by Crippen LogP contribution is -2.01. The summed E-state index contributed by atoms with van der Waals surface area (Å²) < 4.78 is 5.00. The third-order valence-corrected chi connectivity index (χ3v) is 3.63. The van der Waals surface area contributed by atoms with Crippen LogP contribution in [0.5, 0.6) is 5.75 Å². The van der Waals surface area contributed by atoms with Crippen LogP contribution in [0.2, 0.25) is 0 Å². The quantitative estimate of drug-likeness (QED) is 0.449. The van der Waals surface area contributed by atoms with E-state index in [4.69, 9.17) is 4.74 Å². The summed E-state index contributed by atoms with van der Waals surface area (Å²) in [5.74, 6) is 0.0113. The molecule has 0 spiro atoms. The highest BCUT2D eigenvalue weighted by Gasteiger charge is 2.31. The predicted octanol–water partition coefficient (Wildman–Crippen LogP) is 2.72. The van der Waals surface area contributed by atoms with Gasteiger partial charge in [0.05, 0.1) is 17.0 Å². The zero-order valence-corrected chi connectivity index (χ0v) is 11.7. The van der Waals surface area contributed by atoms with Crippen LogP contribution in [0.15, 0.2) is 35.5 Å². The maximum Gasteiger partial charge on any atom is 0.311 e. The third kappa shape index (κ3) is 2.06. The van der Waals surface area contributed by atoms with Crippen LogP contribution in [0.4, 0.5) is 11.4 Å². The fourth-order valence-corrected chi connectivity index (χ4v) is 2.62. The molecule has 23 heavy (non-hydrogen) atoms. The number of nitrogens with zero attached hydrogens (tertiary/aromatic N) is 3. The van der Waals surface area contributed by atoms with Crippen molar-refractivity contribution in [1.82, 2.24) is 0 Å². The SMILES string of the molecule is COc1cc2c(cc1[N+](=O)[O-])-c1ccc([N+](=O)[O-])cc1/C2=N\O. The summed E-state index contributed by atoms with van der Waals surface area (Å²) in [6.07, 6.45) is 0. The Balaban J connectivity index is 2.31. The molecule has 1 N–H and O–H groups in total. The van der Waals surface area contributed by atoms with Crippen LogP contribution in [0.3, 0.4) is 0 Å².